The molecule has 0 bridgehead atoms. The monoisotopic (exact) mass is 282 g/mol. The van der Waals surface area contributed by atoms with E-state index in [2.05, 4.69) is 12.1 Å². The number of hydrogen-bond acceptors (Lipinski definition) is 3. The average molecular weight is 282 g/mol. The Morgan fingerprint density at radius 3 is 2.81 bits per heavy atom. The Balaban J connectivity index is 1.69. The van der Waals surface area contributed by atoms with Crippen LogP contribution in [-0.2, 0) is 24.2 Å². The number of esters is 1. The Morgan fingerprint density at radius 1 is 1.10 bits per heavy atom. The maximum atomic E-state index is 11.5. The molecule has 21 heavy (non-hydrogen) atoms. The van der Waals surface area contributed by atoms with Crippen LogP contribution in [0, 0.1) is 0 Å². The van der Waals surface area contributed by atoms with Crippen molar-refractivity contribution in [3.8, 4) is 5.75 Å². The molecule has 0 atom stereocenters. The Hall–Kier alpha value is -2.29. The van der Waals surface area contributed by atoms with E-state index < -0.39 is 0 Å². The molecule has 0 amide bonds. The highest BCUT2D eigenvalue weighted by molar-refractivity contribution is 5.89. The lowest BCUT2D eigenvalue weighted by Gasteiger charge is -2.09. The van der Waals surface area contributed by atoms with Crippen LogP contribution in [0.15, 0.2) is 42.5 Å². The first-order chi connectivity index (χ1) is 10.3. The van der Waals surface area contributed by atoms with E-state index in [9.17, 15) is 4.79 Å². The molecule has 2 aromatic carbocycles. The maximum absolute atomic E-state index is 11.5. The van der Waals surface area contributed by atoms with E-state index in [0.717, 1.165) is 17.7 Å². The number of ether oxygens (including phenoxy) is 2. The summed E-state index contributed by atoms with van der Waals surface area (Å²) in [7, 11) is 1.38. The van der Waals surface area contributed by atoms with Gasteiger partial charge in [0.05, 0.1) is 12.7 Å². The van der Waals surface area contributed by atoms with Crippen molar-refractivity contribution < 1.29 is 14.3 Å². The molecule has 0 radical (unpaired) electrons. The maximum Gasteiger partial charge on any atom is 0.337 e. The number of hydrogen-bond donors (Lipinski definition) is 0. The highest BCUT2D eigenvalue weighted by atomic mass is 16.5. The highest BCUT2D eigenvalue weighted by Crippen LogP contribution is 2.26. The van der Waals surface area contributed by atoms with E-state index in [-0.39, 0.29) is 5.97 Å². The number of carbonyl (C=O) groups is 1. The van der Waals surface area contributed by atoms with Gasteiger partial charge in [-0.1, -0.05) is 18.2 Å². The van der Waals surface area contributed by atoms with Gasteiger partial charge < -0.3 is 9.47 Å². The summed E-state index contributed by atoms with van der Waals surface area (Å²) in [5.74, 6) is 0.563. The molecule has 0 saturated heterocycles. The van der Waals surface area contributed by atoms with Crippen LogP contribution in [0.25, 0.3) is 0 Å². The molecule has 3 nitrogen and oxygen atoms in total. The number of carbonyl (C=O) groups excluding carboxylic acids is 1. The van der Waals surface area contributed by atoms with E-state index in [4.69, 9.17) is 9.47 Å². The molecule has 1 aliphatic rings. The van der Waals surface area contributed by atoms with Crippen molar-refractivity contribution in [3.63, 3.8) is 0 Å². The molecule has 2 aromatic rings. The topological polar surface area (TPSA) is 35.5 Å². The van der Waals surface area contributed by atoms with E-state index in [1.165, 1.54) is 31.1 Å². The number of fused-ring (bicyclic) bond motifs is 1. The molecule has 3 heteroatoms. The Morgan fingerprint density at radius 2 is 1.95 bits per heavy atom. The zero-order valence-electron chi connectivity index (χ0n) is 12.1. The van der Waals surface area contributed by atoms with Crippen molar-refractivity contribution in [1.29, 1.82) is 0 Å². The van der Waals surface area contributed by atoms with Crippen LogP contribution in [0.3, 0.4) is 0 Å². The Bertz CT molecular complexity index is 661. The van der Waals surface area contributed by atoms with Crippen LogP contribution in [0.2, 0.25) is 0 Å². The van der Waals surface area contributed by atoms with Gasteiger partial charge in [-0.05, 0) is 60.2 Å². The predicted molar refractivity (Wildman–Crippen MR) is 80.6 cm³/mol. The van der Waals surface area contributed by atoms with Gasteiger partial charge in [-0.25, -0.2) is 4.79 Å². The number of benzene rings is 2. The third-order valence-corrected chi connectivity index (χ3v) is 3.82. The number of rotatable bonds is 4. The minimum atomic E-state index is -0.325. The summed E-state index contributed by atoms with van der Waals surface area (Å²) in [4.78, 5) is 11.5. The van der Waals surface area contributed by atoms with Gasteiger partial charge in [0.25, 0.3) is 0 Å². The first kappa shape index (κ1) is 13.7. The standard InChI is InChI=1S/C18H18O3/c1-20-18(19)16-7-2-4-13(10-16)12-21-17-9-8-14-5-3-6-15(14)11-17/h2,4,7-11H,3,5-6,12H2,1H3. The molecule has 0 unspecified atom stereocenters. The van der Waals surface area contributed by atoms with Crippen molar-refractivity contribution in [2.45, 2.75) is 25.9 Å². The molecule has 0 saturated carbocycles. The van der Waals surface area contributed by atoms with Gasteiger partial charge in [0.2, 0.25) is 0 Å². The zero-order valence-corrected chi connectivity index (χ0v) is 12.1. The fraction of sp³-hybridized carbons (Fsp3) is 0.278. The van der Waals surface area contributed by atoms with E-state index in [1.54, 1.807) is 12.1 Å². The third kappa shape index (κ3) is 3.07. The molecule has 0 aliphatic heterocycles. The lowest BCUT2D eigenvalue weighted by atomic mass is 10.1. The van der Waals surface area contributed by atoms with Gasteiger partial charge in [-0.15, -0.1) is 0 Å². The molecule has 0 heterocycles. The molecule has 3 rings (SSSR count). The summed E-state index contributed by atoms with van der Waals surface area (Å²) >= 11 is 0. The van der Waals surface area contributed by atoms with Gasteiger partial charge in [-0.2, -0.15) is 0 Å². The SMILES string of the molecule is COC(=O)c1cccc(COc2ccc3c(c2)CCC3)c1. The summed E-state index contributed by atoms with van der Waals surface area (Å²) in [5.41, 5.74) is 4.34. The molecule has 0 N–H and O–H groups in total. The largest absolute Gasteiger partial charge is 0.489 e. The van der Waals surface area contributed by atoms with Crippen molar-refractivity contribution in [1.82, 2.24) is 0 Å². The lowest BCUT2D eigenvalue weighted by molar-refractivity contribution is 0.0600. The smallest absolute Gasteiger partial charge is 0.337 e. The minimum Gasteiger partial charge on any atom is -0.489 e. The van der Waals surface area contributed by atoms with E-state index >= 15 is 0 Å². The van der Waals surface area contributed by atoms with Crippen LogP contribution in [-0.4, -0.2) is 13.1 Å². The zero-order chi connectivity index (χ0) is 14.7. The van der Waals surface area contributed by atoms with E-state index in [0.29, 0.717) is 12.2 Å². The average Bonchev–Trinajstić information content (AvgIpc) is 3.00. The third-order valence-electron chi connectivity index (χ3n) is 3.82. The van der Waals surface area contributed by atoms with Gasteiger partial charge >= 0.3 is 5.97 Å². The second-order valence-corrected chi connectivity index (χ2v) is 5.26. The quantitative estimate of drug-likeness (QED) is 0.805. The fourth-order valence-corrected chi connectivity index (χ4v) is 2.71. The second kappa shape index (κ2) is 6.00. The van der Waals surface area contributed by atoms with Crippen molar-refractivity contribution in [3.05, 3.63) is 64.7 Å². The van der Waals surface area contributed by atoms with Gasteiger partial charge in [0.1, 0.15) is 12.4 Å². The molecule has 108 valence electrons. The van der Waals surface area contributed by atoms with Crippen LogP contribution in [0.5, 0.6) is 5.75 Å². The Labute approximate surface area is 124 Å². The molecule has 0 spiro atoms. The van der Waals surface area contributed by atoms with E-state index in [1.807, 2.05) is 18.2 Å². The number of methoxy groups -OCH3 is 1. The van der Waals surface area contributed by atoms with Crippen molar-refractivity contribution in [2.24, 2.45) is 0 Å². The van der Waals surface area contributed by atoms with Crippen molar-refractivity contribution in [2.75, 3.05) is 7.11 Å². The lowest BCUT2D eigenvalue weighted by Crippen LogP contribution is -2.03. The molecule has 1 aliphatic carbocycles. The summed E-state index contributed by atoms with van der Waals surface area (Å²) in [6.07, 6.45) is 3.56. The fourth-order valence-electron chi connectivity index (χ4n) is 2.71. The van der Waals surface area contributed by atoms with Crippen LogP contribution < -0.4 is 4.74 Å². The Kier molecular flexibility index (Phi) is 3.91. The highest BCUT2D eigenvalue weighted by Gasteiger charge is 2.11. The molecular formula is C18H18O3. The second-order valence-electron chi connectivity index (χ2n) is 5.26. The van der Waals surface area contributed by atoms with Gasteiger partial charge in [0, 0.05) is 0 Å². The first-order valence-electron chi connectivity index (χ1n) is 7.18. The summed E-state index contributed by atoms with van der Waals surface area (Å²) in [6, 6.07) is 13.6. The summed E-state index contributed by atoms with van der Waals surface area (Å²) in [6.45, 7) is 0.448. The summed E-state index contributed by atoms with van der Waals surface area (Å²) in [5, 5.41) is 0. The van der Waals surface area contributed by atoms with Gasteiger partial charge in [-0.3, -0.25) is 0 Å². The molecule has 0 fully saturated rings. The molecule has 0 aromatic heterocycles. The summed E-state index contributed by atoms with van der Waals surface area (Å²) < 4.78 is 10.6. The molecular weight excluding hydrogens is 264 g/mol. The van der Waals surface area contributed by atoms with Crippen molar-refractivity contribution >= 4 is 5.97 Å². The first-order valence-corrected chi connectivity index (χ1v) is 7.18. The van der Waals surface area contributed by atoms with Crippen LogP contribution >= 0.6 is 0 Å². The van der Waals surface area contributed by atoms with Crippen LogP contribution in [0.1, 0.15) is 33.5 Å². The predicted octanol–water partition coefficient (Wildman–Crippen LogP) is 3.54. The number of aryl methyl sites for hydroxylation is 2. The normalized spacial score (nSPS) is 12.8. The van der Waals surface area contributed by atoms with Crippen LogP contribution in [0.4, 0.5) is 0 Å². The minimum absolute atomic E-state index is 0.325. The van der Waals surface area contributed by atoms with Gasteiger partial charge in [0.15, 0.2) is 0 Å².